The first-order chi connectivity index (χ1) is 12.2. The summed E-state index contributed by atoms with van der Waals surface area (Å²) in [7, 11) is 6.20. The SMILES string of the molecule is [B+2]c1ccc(OCc2ccccc2)c(C23CC4CC(CC(C4)C2)C3)c1.[OH-].[OH-]. The Kier molecular flexibility index (Phi) is 5.69. The Labute approximate surface area is 163 Å². The Morgan fingerprint density at radius 3 is 2.04 bits per heavy atom. The molecule has 4 heteroatoms. The molecule has 0 saturated heterocycles. The van der Waals surface area contributed by atoms with Crippen LogP contribution in [0, 0.1) is 17.8 Å². The smallest absolute Gasteiger partial charge is 0.870 e. The predicted octanol–water partition coefficient (Wildman–Crippen LogP) is 4.17. The molecule has 0 heterocycles. The van der Waals surface area contributed by atoms with Crippen LogP contribution >= 0.6 is 0 Å². The second-order valence-electron chi connectivity index (χ2n) is 8.73. The Bertz CT molecular complexity index is 739. The van der Waals surface area contributed by atoms with Crippen molar-refractivity contribution < 1.29 is 15.7 Å². The van der Waals surface area contributed by atoms with Gasteiger partial charge in [-0.15, -0.1) is 0 Å². The van der Waals surface area contributed by atoms with Gasteiger partial charge in [-0.3, -0.25) is 0 Å². The molecule has 0 amide bonds. The van der Waals surface area contributed by atoms with E-state index >= 15 is 0 Å². The van der Waals surface area contributed by atoms with Crippen molar-refractivity contribution in [1.82, 2.24) is 0 Å². The maximum Gasteiger partial charge on any atom is -0.870 e. The Morgan fingerprint density at radius 2 is 1.44 bits per heavy atom. The molecule has 27 heavy (non-hydrogen) atoms. The van der Waals surface area contributed by atoms with Crippen LogP contribution < -0.4 is 10.2 Å². The first kappa shape index (κ1) is 20.0. The summed E-state index contributed by atoms with van der Waals surface area (Å²) in [6.07, 6.45) is 8.39. The zero-order valence-corrected chi connectivity index (χ0v) is 15.7. The van der Waals surface area contributed by atoms with Crippen LogP contribution in [0.15, 0.2) is 48.5 Å². The van der Waals surface area contributed by atoms with Gasteiger partial charge in [0.15, 0.2) is 0 Å². The van der Waals surface area contributed by atoms with E-state index < -0.39 is 0 Å². The van der Waals surface area contributed by atoms with Gasteiger partial charge < -0.3 is 11.0 Å². The van der Waals surface area contributed by atoms with Crippen LogP contribution in [0.25, 0.3) is 0 Å². The maximum atomic E-state index is 6.31. The molecule has 4 saturated carbocycles. The number of benzene rings is 2. The van der Waals surface area contributed by atoms with Crippen LogP contribution in [0.4, 0.5) is 0 Å². The van der Waals surface area contributed by atoms with Crippen LogP contribution in [-0.4, -0.2) is 18.8 Å². The molecule has 2 aromatic carbocycles. The zero-order chi connectivity index (χ0) is 16.9. The van der Waals surface area contributed by atoms with E-state index in [0.29, 0.717) is 12.0 Å². The third-order valence-electron chi connectivity index (χ3n) is 6.85. The molecule has 4 aliphatic carbocycles. The Hall–Kier alpha value is -1.78. The number of ether oxygens (including phenoxy) is 1. The topological polar surface area (TPSA) is 69.2 Å². The molecule has 0 aliphatic heterocycles. The summed E-state index contributed by atoms with van der Waals surface area (Å²) in [5.41, 5.74) is 3.80. The van der Waals surface area contributed by atoms with E-state index in [9.17, 15) is 0 Å². The Balaban J connectivity index is 0.00000105. The second kappa shape index (κ2) is 7.69. The Morgan fingerprint density at radius 1 is 0.852 bits per heavy atom. The second-order valence-corrected chi connectivity index (χ2v) is 8.73. The first-order valence-electron chi connectivity index (χ1n) is 9.77. The molecule has 0 spiro atoms. The molecule has 140 valence electrons. The molecule has 6 rings (SSSR count). The number of rotatable bonds is 4. The van der Waals surface area contributed by atoms with Crippen LogP contribution in [0.5, 0.6) is 5.75 Å². The van der Waals surface area contributed by atoms with Gasteiger partial charge in [0.1, 0.15) is 0 Å². The molecule has 2 aromatic rings. The van der Waals surface area contributed by atoms with Gasteiger partial charge in [0.25, 0.3) is 0 Å². The first-order valence-corrected chi connectivity index (χ1v) is 9.77. The van der Waals surface area contributed by atoms with E-state index in [1.807, 2.05) is 12.1 Å². The summed E-state index contributed by atoms with van der Waals surface area (Å²) in [6, 6.07) is 16.8. The largest absolute Gasteiger partial charge is 0.870 e. The molecule has 0 radical (unpaired) electrons. The average Bonchev–Trinajstić information content (AvgIpc) is 2.60. The van der Waals surface area contributed by atoms with E-state index in [0.717, 1.165) is 29.0 Å². The van der Waals surface area contributed by atoms with Crippen LogP contribution in [0.2, 0.25) is 0 Å². The molecular formula is C23H27BO3. The fourth-order valence-electron chi connectivity index (χ4n) is 6.26. The minimum atomic E-state index is 0. The monoisotopic (exact) mass is 362 g/mol. The standard InChI is InChI=1S/C23H25BO.2H2O/c24-20-6-7-22(25-15-16-4-2-1-3-5-16)21(11-20)23-12-17-8-18(13-23)10-19(9-17)14-23;;/h1-7,11,17-19H,8-10,12-15H2;2*1H2/q+2;;/p-2. The minimum Gasteiger partial charge on any atom is -0.870 e. The summed E-state index contributed by atoms with van der Waals surface area (Å²) >= 11 is 0. The van der Waals surface area contributed by atoms with Crippen molar-refractivity contribution in [1.29, 1.82) is 0 Å². The van der Waals surface area contributed by atoms with Gasteiger partial charge in [-0.05, 0) is 0 Å². The van der Waals surface area contributed by atoms with E-state index in [1.165, 1.54) is 49.7 Å². The van der Waals surface area contributed by atoms with E-state index in [4.69, 9.17) is 12.6 Å². The van der Waals surface area contributed by atoms with E-state index in [-0.39, 0.29) is 11.0 Å². The summed E-state index contributed by atoms with van der Waals surface area (Å²) < 4.78 is 6.31. The van der Waals surface area contributed by atoms with Crippen LogP contribution in [0.3, 0.4) is 0 Å². The maximum absolute atomic E-state index is 6.31. The molecule has 4 bridgehead atoms. The van der Waals surface area contributed by atoms with Gasteiger partial charge in [-0.1, -0.05) is 0 Å². The van der Waals surface area contributed by atoms with Gasteiger partial charge in [0.2, 0.25) is 0 Å². The normalized spacial score (nSPS) is 30.4. The van der Waals surface area contributed by atoms with Crippen molar-refractivity contribution in [3.63, 3.8) is 0 Å². The summed E-state index contributed by atoms with van der Waals surface area (Å²) in [5, 5.41) is 0. The van der Waals surface area contributed by atoms with Crippen molar-refractivity contribution in [2.75, 3.05) is 0 Å². The van der Waals surface area contributed by atoms with Gasteiger partial charge in [0, 0.05) is 0 Å². The minimum absolute atomic E-state index is 0. The van der Waals surface area contributed by atoms with E-state index in [1.54, 1.807) is 0 Å². The molecule has 0 atom stereocenters. The molecule has 2 N–H and O–H groups in total. The summed E-state index contributed by atoms with van der Waals surface area (Å²) in [5.74, 6) is 3.83. The van der Waals surface area contributed by atoms with Crippen molar-refractivity contribution >= 4 is 13.3 Å². The molecule has 3 nitrogen and oxygen atoms in total. The van der Waals surface area contributed by atoms with E-state index in [2.05, 4.69) is 36.4 Å². The molecule has 4 aliphatic rings. The fraction of sp³-hybridized carbons (Fsp3) is 0.478. The summed E-state index contributed by atoms with van der Waals surface area (Å²) in [4.78, 5) is 0. The van der Waals surface area contributed by atoms with Crippen LogP contribution in [0.1, 0.15) is 49.7 Å². The fourth-order valence-corrected chi connectivity index (χ4v) is 6.26. The molecule has 4 fully saturated rings. The van der Waals surface area contributed by atoms with Crippen molar-refractivity contribution in [3.05, 3.63) is 59.7 Å². The quantitative estimate of drug-likeness (QED) is 0.767. The molecule has 0 unspecified atom stereocenters. The van der Waals surface area contributed by atoms with Crippen molar-refractivity contribution in [2.24, 2.45) is 17.8 Å². The molecular weight excluding hydrogens is 335 g/mol. The van der Waals surface area contributed by atoms with Gasteiger partial charge >= 0.3 is 152 Å². The number of hydrogen-bond donors (Lipinski definition) is 0. The third kappa shape index (κ3) is 3.65. The van der Waals surface area contributed by atoms with Crippen molar-refractivity contribution in [2.45, 2.75) is 50.5 Å². The van der Waals surface area contributed by atoms with Gasteiger partial charge in [-0.2, -0.15) is 0 Å². The average molecular weight is 362 g/mol. The zero-order valence-electron chi connectivity index (χ0n) is 15.7. The van der Waals surface area contributed by atoms with Crippen LogP contribution in [-0.2, 0) is 12.0 Å². The predicted molar refractivity (Wildman–Crippen MR) is 106 cm³/mol. The van der Waals surface area contributed by atoms with Crippen molar-refractivity contribution in [3.8, 4) is 5.75 Å². The third-order valence-corrected chi connectivity index (χ3v) is 6.85. The van der Waals surface area contributed by atoms with Gasteiger partial charge in [0.05, 0.1) is 0 Å². The number of hydrogen-bond acceptors (Lipinski definition) is 3. The molecule has 0 aromatic heterocycles. The summed E-state index contributed by atoms with van der Waals surface area (Å²) in [6.45, 7) is 0.629. The van der Waals surface area contributed by atoms with Gasteiger partial charge in [-0.25, -0.2) is 0 Å².